The van der Waals surface area contributed by atoms with Crippen molar-refractivity contribution in [2.75, 3.05) is 26.2 Å². The molecule has 1 atom stereocenters. The van der Waals surface area contributed by atoms with Crippen molar-refractivity contribution in [2.24, 2.45) is 5.92 Å². The highest BCUT2D eigenvalue weighted by Gasteiger charge is 2.17. The Morgan fingerprint density at radius 1 is 1.40 bits per heavy atom. The maximum atomic E-state index is 6.05. The molecule has 1 aromatic rings. The lowest BCUT2D eigenvalue weighted by Gasteiger charge is -2.30. The fourth-order valence-electron chi connectivity index (χ4n) is 3.07. The van der Waals surface area contributed by atoms with Crippen molar-refractivity contribution < 1.29 is 0 Å². The summed E-state index contributed by atoms with van der Waals surface area (Å²) in [4.78, 5) is 2.61. The van der Waals surface area contributed by atoms with Crippen LogP contribution < -0.4 is 5.32 Å². The number of piperidine rings is 1. The molecule has 0 saturated carbocycles. The van der Waals surface area contributed by atoms with Crippen molar-refractivity contribution in [2.45, 2.75) is 39.7 Å². The summed E-state index contributed by atoms with van der Waals surface area (Å²) in [7, 11) is 0. The van der Waals surface area contributed by atoms with Crippen LogP contribution in [-0.2, 0) is 6.54 Å². The number of nitrogens with one attached hydrogen (secondary N) is 1. The van der Waals surface area contributed by atoms with Gasteiger partial charge in [-0.1, -0.05) is 24.6 Å². The van der Waals surface area contributed by atoms with E-state index in [1.807, 2.05) is 6.07 Å². The minimum Gasteiger partial charge on any atom is -0.316 e. The Kier molecular flexibility index (Phi) is 6.34. The van der Waals surface area contributed by atoms with Gasteiger partial charge in [0, 0.05) is 18.1 Å². The number of hydrogen-bond donors (Lipinski definition) is 1. The predicted molar refractivity (Wildman–Crippen MR) is 87.4 cm³/mol. The van der Waals surface area contributed by atoms with Gasteiger partial charge in [-0.15, -0.1) is 0 Å². The largest absolute Gasteiger partial charge is 0.316 e. The first kappa shape index (κ1) is 15.8. The van der Waals surface area contributed by atoms with Crippen molar-refractivity contribution in [3.8, 4) is 0 Å². The summed E-state index contributed by atoms with van der Waals surface area (Å²) in [6, 6.07) is 6.26. The highest BCUT2D eigenvalue weighted by atomic mass is 35.5. The van der Waals surface area contributed by atoms with E-state index in [1.54, 1.807) is 0 Å². The SMILES string of the molecule is CCCN(Cc1ccc(Cl)cc1C)CC1CCCNC1. The second-order valence-corrected chi connectivity index (χ2v) is 6.45. The molecule has 1 heterocycles. The van der Waals surface area contributed by atoms with E-state index >= 15 is 0 Å². The van der Waals surface area contributed by atoms with Gasteiger partial charge in [0.25, 0.3) is 0 Å². The third-order valence-corrected chi connectivity index (χ3v) is 4.39. The molecular weight excluding hydrogens is 268 g/mol. The molecule has 1 unspecified atom stereocenters. The van der Waals surface area contributed by atoms with Crippen molar-refractivity contribution >= 4 is 11.6 Å². The maximum absolute atomic E-state index is 6.05. The van der Waals surface area contributed by atoms with Crippen LogP contribution >= 0.6 is 11.6 Å². The summed E-state index contributed by atoms with van der Waals surface area (Å²) >= 11 is 6.05. The van der Waals surface area contributed by atoms with E-state index in [0.717, 1.165) is 17.5 Å². The van der Waals surface area contributed by atoms with Crippen LogP contribution in [0.15, 0.2) is 18.2 Å². The zero-order valence-corrected chi connectivity index (χ0v) is 13.5. The molecule has 2 rings (SSSR count). The maximum Gasteiger partial charge on any atom is 0.0408 e. The summed E-state index contributed by atoms with van der Waals surface area (Å²) in [6.45, 7) is 10.2. The van der Waals surface area contributed by atoms with Crippen LogP contribution in [0.2, 0.25) is 5.02 Å². The first-order valence-electron chi connectivity index (χ1n) is 7.87. The molecular formula is C17H27ClN2. The van der Waals surface area contributed by atoms with Gasteiger partial charge in [0.2, 0.25) is 0 Å². The summed E-state index contributed by atoms with van der Waals surface area (Å²) in [5.74, 6) is 0.808. The van der Waals surface area contributed by atoms with Gasteiger partial charge < -0.3 is 5.32 Å². The second-order valence-electron chi connectivity index (χ2n) is 6.02. The molecule has 20 heavy (non-hydrogen) atoms. The normalized spacial score (nSPS) is 19.5. The van der Waals surface area contributed by atoms with Crippen LogP contribution in [0, 0.1) is 12.8 Å². The Labute approximate surface area is 128 Å². The Bertz CT molecular complexity index is 413. The van der Waals surface area contributed by atoms with Crippen molar-refractivity contribution in [1.29, 1.82) is 0 Å². The molecule has 0 aliphatic carbocycles. The molecule has 2 nitrogen and oxygen atoms in total. The summed E-state index contributed by atoms with van der Waals surface area (Å²) < 4.78 is 0. The minimum atomic E-state index is 0.808. The van der Waals surface area contributed by atoms with E-state index in [2.05, 4.69) is 36.2 Å². The fourth-order valence-corrected chi connectivity index (χ4v) is 3.30. The molecule has 1 N–H and O–H groups in total. The highest BCUT2D eigenvalue weighted by Crippen LogP contribution is 2.19. The number of rotatable bonds is 6. The quantitative estimate of drug-likeness (QED) is 0.857. The lowest BCUT2D eigenvalue weighted by atomic mass is 9.98. The van der Waals surface area contributed by atoms with Crippen LogP contribution in [0.1, 0.15) is 37.3 Å². The number of halogens is 1. The van der Waals surface area contributed by atoms with Crippen LogP contribution in [-0.4, -0.2) is 31.1 Å². The molecule has 3 heteroatoms. The number of hydrogen-bond acceptors (Lipinski definition) is 2. The molecule has 0 spiro atoms. The molecule has 1 aliphatic heterocycles. The average molecular weight is 295 g/mol. The third-order valence-electron chi connectivity index (χ3n) is 4.15. The summed E-state index contributed by atoms with van der Waals surface area (Å²) in [6.07, 6.45) is 3.91. The lowest BCUT2D eigenvalue weighted by molar-refractivity contribution is 0.201. The molecule has 1 fully saturated rings. The van der Waals surface area contributed by atoms with E-state index in [9.17, 15) is 0 Å². The summed E-state index contributed by atoms with van der Waals surface area (Å²) in [5, 5.41) is 4.36. The van der Waals surface area contributed by atoms with Crippen LogP contribution in [0.5, 0.6) is 0 Å². The number of benzene rings is 1. The van der Waals surface area contributed by atoms with Gasteiger partial charge in [0.1, 0.15) is 0 Å². The van der Waals surface area contributed by atoms with Crippen molar-refractivity contribution in [1.82, 2.24) is 10.2 Å². The number of aryl methyl sites for hydroxylation is 1. The Hall–Kier alpha value is -0.570. The minimum absolute atomic E-state index is 0.808. The monoisotopic (exact) mass is 294 g/mol. The van der Waals surface area contributed by atoms with Gasteiger partial charge in [-0.05, 0) is 75.0 Å². The van der Waals surface area contributed by atoms with Gasteiger partial charge in [-0.25, -0.2) is 0 Å². The van der Waals surface area contributed by atoms with Crippen LogP contribution in [0.4, 0.5) is 0 Å². The van der Waals surface area contributed by atoms with Crippen LogP contribution in [0.25, 0.3) is 0 Å². The van der Waals surface area contributed by atoms with Gasteiger partial charge in [-0.3, -0.25) is 4.90 Å². The molecule has 1 saturated heterocycles. The average Bonchev–Trinajstić information content (AvgIpc) is 2.43. The second kappa shape index (κ2) is 8.02. The lowest BCUT2D eigenvalue weighted by Crippen LogP contribution is -2.38. The van der Waals surface area contributed by atoms with E-state index < -0.39 is 0 Å². The Morgan fingerprint density at radius 2 is 2.25 bits per heavy atom. The predicted octanol–water partition coefficient (Wildman–Crippen LogP) is 3.86. The topological polar surface area (TPSA) is 15.3 Å². The van der Waals surface area contributed by atoms with Gasteiger partial charge in [-0.2, -0.15) is 0 Å². The smallest absolute Gasteiger partial charge is 0.0408 e. The molecule has 112 valence electrons. The molecule has 1 aliphatic rings. The van der Waals surface area contributed by atoms with Crippen molar-refractivity contribution in [3.63, 3.8) is 0 Å². The van der Waals surface area contributed by atoms with Crippen LogP contribution in [0.3, 0.4) is 0 Å². The molecule has 0 amide bonds. The number of nitrogens with zero attached hydrogens (tertiary/aromatic N) is 1. The third kappa shape index (κ3) is 4.76. The van der Waals surface area contributed by atoms with Gasteiger partial charge >= 0.3 is 0 Å². The fraction of sp³-hybridized carbons (Fsp3) is 0.647. The van der Waals surface area contributed by atoms with Gasteiger partial charge in [0.15, 0.2) is 0 Å². The molecule has 0 bridgehead atoms. The van der Waals surface area contributed by atoms with Crippen molar-refractivity contribution in [3.05, 3.63) is 34.3 Å². The first-order chi connectivity index (χ1) is 9.69. The molecule has 0 radical (unpaired) electrons. The Morgan fingerprint density at radius 3 is 2.90 bits per heavy atom. The molecule has 0 aromatic heterocycles. The Balaban J connectivity index is 1.96. The van der Waals surface area contributed by atoms with E-state index in [4.69, 9.17) is 11.6 Å². The zero-order valence-electron chi connectivity index (χ0n) is 12.8. The van der Waals surface area contributed by atoms with Gasteiger partial charge in [0.05, 0.1) is 0 Å². The zero-order chi connectivity index (χ0) is 14.4. The van der Waals surface area contributed by atoms with E-state index in [-0.39, 0.29) is 0 Å². The highest BCUT2D eigenvalue weighted by molar-refractivity contribution is 6.30. The van der Waals surface area contributed by atoms with E-state index in [1.165, 1.54) is 56.6 Å². The summed E-state index contributed by atoms with van der Waals surface area (Å²) in [5.41, 5.74) is 2.71. The van der Waals surface area contributed by atoms with E-state index in [0.29, 0.717) is 0 Å². The first-order valence-corrected chi connectivity index (χ1v) is 8.25. The molecule has 1 aromatic carbocycles. The standard InChI is InChI=1S/C17H27ClN2/c1-3-9-20(12-15-5-4-8-19-11-15)13-16-6-7-17(18)10-14(16)2/h6-7,10,15,19H,3-5,8-9,11-13H2,1-2H3.